The van der Waals surface area contributed by atoms with Crippen LogP contribution in [0.1, 0.15) is 111 Å². The van der Waals surface area contributed by atoms with Crippen molar-refractivity contribution in [2.24, 2.45) is 0 Å². The van der Waals surface area contributed by atoms with E-state index in [1.807, 2.05) is 103 Å². The number of rotatable bonds is 45. The molecule has 14 N–H and O–H groups in total. The number of anilines is 3. The van der Waals surface area contributed by atoms with Crippen molar-refractivity contribution in [3.63, 3.8) is 0 Å². The van der Waals surface area contributed by atoms with E-state index in [1.54, 1.807) is 25.2 Å². The molecule has 12 rings (SSSR count). The summed E-state index contributed by atoms with van der Waals surface area (Å²) in [5, 5.41) is 46.5. The molecule has 1 saturated heterocycles. The number of aliphatic carboxylic acids is 3. The Morgan fingerprint density at radius 1 is 0.785 bits per heavy atom. The van der Waals surface area contributed by atoms with E-state index in [4.69, 9.17) is 14.3 Å². The van der Waals surface area contributed by atoms with Gasteiger partial charge in [-0.2, -0.15) is 13.4 Å². The van der Waals surface area contributed by atoms with Crippen LogP contribution in [0.5, 0.6) is 0 Å². The molecule has 4 aliphatic heterocycles. The van der Waals surface area contributed by atoms with Gasteiger partial charge in [-0.25, -0.2) is 56.0 Å². The molecular weight excluding hydrogens is 1860 g/mol. The van der Waals surface area contributed by atoms with Gasteiger partial charge in [0.15, 0.2) is 44.4 Å². The molecule has 5 atom stereocenters. The summed E-state index contributed by atoms with van der Waals surface area (Å²) in [4.78, 5) is 173. The highest BCUT2D eigenvalue weighted by Crippen LogP contribution is 2.44. The molecule has 135 heavy (non-hydrogen) atoms. The number of allylic oxidation sites excluding steroid dienone is 2. The molecule has 7 amide bonds. The highest BCUT2D eigenvalue weighted by molar-refractivity contribution is 8.01. The summed E-state index contributed by atoms with van der Waals surface area (Å²) < 4.78 is 103. The maximum absolute atomic E-state index is 16.3. The van der Waals surface area contributed by atoms with Crippen molar-refractivity contribution in [1.82, 2.24) is 75.2 Å². The second-order valence-corrected chi connectivity index (χ2v) is 48.1. The number of aryl methyl sites for hydroxylation is 2. The summed E-state index contributed by atoms with van der Waals surface area (Å²) in [5.74, 6) is -11.5. The monoisotopic (exact) mass is 1970 g/mol. The van der Waals surface area contributed by atoms with Gasteiger partial charge >= 0.3 is 25.2 Å². The minimum absolute atomic E-state index is 0.00394. The van der Waals surface area contributed by atoms with Crippen molar-refractivity contribution in [3.8, 4) is 22.5 Å². The lowest BCUT2D eigenvalue weighted by atomic mass is 9.93. The third-order valence-corrected chi connectivity index (χ3v) is 36.2. The summed E-state index contributed by atoms with van der Waals surface area (Å²) in [6, 6.07) is 15.3. The number of aromatic nitrogens is 7. The Bertz CT molecular complexity index is 6590. The number of nitrogens with two attached hydrogens (primary N) is 1. The Hall–Kier alpha value is -12.7. The number of carbonyl (C=O) groups excluding carboxylic acids is 7. The number of H-pyrrole nitrogens is 1. The van der Waals surface area contributed by atoms with Crippen LogP contribution in [-0.4, -0.2) is 249 Å². The van der Waals surface area contributed by atoms with Crippen LogP contribution in [-0.2, 0) is 80.5 Å². The zero-order chi connectivity index (χ0) is 97.9. The minimum Gasteiger partial charge on any atom is -0.481 e. The van der Waals surface area contributed by atoms with Crippen molar-refractivity contribution in [2.45, 2.75) is 176 Å². The van der Waals surface area contributed by atoms with E-state index in [0.29, 0.717) is 117 Å². The number of amides is 7. The topological polar surface area (TPSA) is 567 Å². The van der Waals surface area contributed by atoms with Crippen LogP contribution in [0, 0.1) is 13.8 Å². The van der Waals surface area contributed by atoms with E-state index in [-0.39, 0.29) is 67.1 Å². The highest BCUT2D eigenvalue weighted by Gasteiger charge is 2.48. The highest BCUT2D eigenvalue weighted by atomic mass is 32.2. The molecule has 7 aromatic rings. The van der Waals surface area contributed by atoms with Crippen LogP contribution < -0.4 is 62.7 Å². The molecule has 3 aromatic carbocycles. The molecule has 8 heterocycles. The smallest absolute Gasteiger partial charge is 0.481 e. The van der Waals surface area contributed by atoms with Gasteiger partial charge in [-0.05, 0) is 153 Å². The van der Waals surface area contributed by atoms with Gasteiger partial charge in [-0.1, -0.05) is 17.8 Å². The van der Waals surface area contributed by atoms with Crippen LogP contribution >= 0.6 is 23.5 Å². The van der Waals surface area contributed by atoms with Gasteiger partial charge < -0.3 is 66.4 Å². The number of benzene rings is 4. The average molecular weight is 1970 g/mol. The predicted octanol–water partition coefficient (Wildman–Crippen LogP) is 5.78. The Kier molecular flexibility index (Phi) is 32.5. The fourth-order valence-electron chi connectivity index (χ4n) is 16.1. The minimum atomic E-state index is -5.07. The van der Waals surface area contributed by atoms with Crippen molar-refractivity contribution in [3.05, 3.63) is 171 Å². The number of thioether (sulfide) groups is 2. The number of fused-ring (bicyclic) bond motifs is 5. The standard InChI is InChI=1S/C87H103BFN19O21S4Si2/c1-11-104(12-2)56-22-26-60-68(36-56)128-69-37-57(105(13-3)14-4)23-27-61(69)76(60)62-28-25-59(38-71(62)133(125,126)127)132(123,124)96-43-51-41-94-87(95-42-51)131-48-135(9,10)129-134(7,8)33-15-32-106-74(111)40-70(83(106)118)130-47-66(85(121)122)101-81(116)65(46-92-72(109)30-24-55-20-21-58-35-67-49(5)34-50(6)107(67)88(89)108(55)58)100-80(115)64(39-75(112)113)98-73(110)31-29-63(84(119)120)99-79(114)52-16-18-53(19-17-52)91-44-54-45-93-78-77(97-54)82(117)103-86(90)102-78/h16-23,25-28,34-38,41-42,45,63-66,70,96H,11-15,24,29-33,39-40,43-44,46-48H2,1-10H3,(H11-2,90,91,92,93,98,99,100,101,102,103,109,110,112,113,114,115,116,117,119,120,121,122,125,126,127)/p+2/t63-,64-,65-,66-,70?/m0/s1. The van der Waals surface area contributed by atoms with E-state index in [1.165, 1.54) is 75.7 Å². The number of carbonyl (C=O) groups is 10. The number of sulfonamides is 1. The lowest BCUT2D eigenvalue weighted by Gasteiger charge is -2.34. The van der Waals surface area contributed by atoms with Crippen molar-refractivity contribution in [2.75, 3.05) is 66.3 Å². The molecule has 1 unspecified atom stereocenters. The van der Waals surface area contributed by atoms with Gasteiger partial charge in [0.05, 0.1) is 41.1 Å². The number of carboxylic acid groups (broad SMARTS) is 3. The number of halogens is 1. The van der Waals surface area contributed by atoms with E-state index >= 15 is 4.32 Å². The summed E-state index contributed by atoms with van der Waals surface area (Å²) in [7, 11) is -16.3. The van der Waals surface area contributed by atoms with Crippen molar-refractivity contribution >= 4 is 178 Å². The number of hydrogen-bond donors (Lipinski definition) is 13. The third kappa shape index (κ3) is 25.1. The summed E-state index contributed by atoms with van der Waals surface area (Å²) in [5.41, 5.74) is 11.6. The van der Waals surface area contributed by atoms with Gasteiger partial charge in [-0.3, -0.25) is 62.1 Å². The molecule has 1 fully saturated rings. The molecule has 5 aliphatic rings. The zero-order valence-corrected chi connectivity index (χ0v) is 80.8. The molecule has 40 nitrogen and oxygen atoms in total. The molecule has 0 radical (unpaired) electrons. The van der Waals surface area contributed by atoms with Gasteiger partial charge in [-0.15, -0.1) is 11.8 Å². The normalized spacial score (nSPS) is 14.8. The van der Waals surface area contributed by atoms with Crippen LogP contribution in [0.4, 0.5) is 21.6 Å². The van der Waals surface area contributed by atoms with Crippen LogP contribution in [0.25, 0.3) is 50.7 Å². The van der Waals surface area contributed by atoms with Crippen LogP contribution in [0.2, 0.25) is 32.2 Å². The maximum atomic E-state index is 16.3. The van der Waals surface area contributed by atoms with E-state index in [9.17, 15) is 89.4 Å². The van der Waals surface area contributed by atoms with E-state index < -0.39 is 180 Å². The predicted molar refractivity (Wildman–Crippen MR) is 509 cm³/mol. The number of nitrogens with one attached hydrogen (secondary N) is 8. The number of imide groups is 1. The zero-order valence-electron chi connectivity index (χ0n) is 75.5. The fourth-order valence-corrected chi connectivity index (χ4v) is 29.4. The summed E-state index contributed by atoms with van der Waals surface area (Å²) >= 11 is 2.09. The first-order chi connectivity index (χ1) is 63.9. The number of carboxylic acids is 3. The molecule has 714 valence electrons. The first kappa shape index (κ1) is 101. The molecule has 4 aromatic heterocycles. The quantitative estimate of drug-likeness (QED) is 0.00409. The number of hydrogen-bond acceptors (Lipinski definition) is 27. The van der Waals surface area contributed by atoms with Gasteiger partial charge in [0, 0.05) is 168 Å². The van der Waals surface area contributed by atoms with Crippen LogP contribution in [0.15, 0.2) is 146 Å². The number of nitrogens with zero attached hydrogens (tertiary/aromatic N) is 10. The van der Waals surface area contributed by atoms with Gasteiger partial charge in [0.25, 0.3) is 21.6 Å². The molecule has 0 saturated carbocycles. The molecule has 1 aliphatic carbocycles. The maximum Gasteiger partial charge on any atom is 0.846 e. The van der Waals surface area contributed by atoms with E-state index in [2.05, 4.69) is 76.0 Å². The third-order valence-electron chi connectivity index (χ3n) is 22.8. The lowest BCUT2D eigenvalue weighted by molar-refractivity contribution is -0.335. The number of likely N-dealkylation sites (tertiary alicyclic amines) is 1. The first-order valence-electron chi connectivity index (χ1n) is 43.4. The SMILES string of the molecule is CCN(CC)c1ccc2c(-c3ccc(S(=O)(=O)NCc4cnc(SC[Si](C)(C)O[Si](C)(C)CCCN5C(=O)CC(SC[C@H](NC(=O)[C@H](CNC(=O)CCC6=[N+]7B(F)n8c(C)cc(C)c8C=C7C=C6)NC(=O)[C@H](CC(=O)O)NC(=O)CC[C@H](NC(=O)c6ccc(NCc7cnc8nc(N)[nH]c(=O)c8n7)cc6)C(=O)O)C(=O)O)C5=O)nc4)cc3S(=O)(=O)O)c3ccc(=[N+](CC)CC)cc-3oc2c1. The molecule has 0 spiro atoms. The second kappa shape index (κ2) is 43.3. The van der Waals surface area contributed by atoms with Crippen LogP contribution in [0.3, 0.4) is 0 Å². The molecule has 0 bridgehead atoms. The summed E-state index contributed by atoms with van der Waals surface area (Å²) in [6.07, 6.45) is 6.61. The first-order valence-corrected chi connectivity index (χ1v) is 54.6. The Labute approximate surface area is 786 Å². The Morgan fingerprint density at radius 2 is 1.48 bits per heavy atom. The number of nitrogen functional groups attached to an aromatic ring is 1. The lowest BCUT2D eigenvalue weighted by Crippen LogP contribution is -2.59. The molecule has 48 heteroatoms. The summed E-state index contributed by atoms with van der Waals surface area (Å²) in [6.45, 7) is 21.6. The van der Waals surface area contributed by atoms with Crippen molar-refractivity contribution in [1.29, 1.82) is 0 Å². The average Bonchev–Trinajstić information content (AvgIpc) is 1.62. The number of aromatic amines is 1. The van der Waals surface area contributed by atoms with Gasteiger partial charge in [0.1, 0.15) is 53.5 Å². The molecular formula is C87H105BFN19O21S4Si2+2. The van der Waals surface area contributed by atoms with E-state index in [0.717, 1.165) is 39.3 Å². The largest absolute Gasteiger partial charge is 0.846 e. The van der Waals surface area contributed by atoms with Gasteiger partial charge in [0.2, 0.25) is 56.8 Å². The Balaban J connectivity index is 0.632. The fraction of sp³-hybridized carbons (Fsp3) is 0.379. The second-order valence-electron chi connectivity index (χ2n) is 33.5. The Morgan fingerprint density at radius 3 is 2.16 bits per heavy atom. The van der Waals surface area contributed by atoms with Crippen molar-refractivity contribution < 1.29 is 102 Å².